The number of nitrogens with zero attached hydrogens (tertiary/aromatic N) is 1. The van der Waals surface area contributed by atoms with E-state index < -0.39 is 6.10 Å². The van der Waals surface area contributed by atoms with E-state index >= 15 is 0 Å². The van der Waals surface area contributed by atoms with E-state index in [0.29, 0.717) is 13.0 Å². The van der Waals surface area contributed by atoms with Crippen molar-refractivity contribution in [3.8, 4) is 5.75 Å². The van der Waals surface area contributed by atoms with Crippen molar-refractivity contribution >= 4 is 16.8 Å². The summed E-state index contributed by atoms with van der Waals surface area (Å²) in [6, 6.07) is 10.3. The quantitative estimate of drug-likeness (QED) is 0.770. The maximum Gasteiger partial charge on any atom is 0.261 e. The molecule has 1 unspecified atom stereocenters. The molecule has 0 spiro atoms. The van der Waals surface area contributed by atoms with Crippen LogP contribution >= 0.6 is 0 Å². The van der Waals surface area contributed by atoms with Crippen molar-refractivity contribution in [3.63, 3.8) is 0 Å². The summed E-state index contributed by atoms with van der Waals surface area (Å²) < 4.78 is 5.83. The molecule has 5 heteroatoms. The maximum atomic E-state index is 12.4. The number of hydrogen-bond acceptors (Lipinski definition) is 3. The summed E-state index contributed by atoms with van der Waals surface area (Å²) in [5.41, 5.74) is 5.72. The Hall–Kier alpha value is -2.82. The zero-order valence-electron chi connectivity index (χ0n) is 14.4. The van der Waals surface area contributed by atoms with Gasteiger partial charge in [-0.1, -0.05) is 18.2 Å². The number of rotatable bonds is 4. The van der Waals surface area contributed by atoms with E-state index in [1.807, 2.05) is 12.1 Å². The number of carbonyl (C=O) groups excluding carboxylic acids is 1. The van der Waals surface area contributed by atoms with E-state index in [9.17, 15) is 4.79 Å². The minimum Gasteiger partial charge on any atom is -0.480 e. The summed E-state index contributed by atoms with van der Waals surface area (Å²) >= 11 is 0. The van der Waals surface area contributed by atoms with Crippen LogP contribution in [-0.4, -0.2) is 28.8 Å². The number of aromatic amines is 1. The molecule has 1 aromatic heterocycles. The zero-order chi connectivity index (χ0) is 17.4. The second-order valence-corrected chi connectivity index (χ2v) is 6.69. The lowest BCUT2D eigenvalue weighted by atomic mass is 10.0. The van der Waals surface area contributed by atoms with Crippen molar-refractivity contribution in [3.05, 3.63) is 58.8 Å². The molecule has 0 saturated carbocycles. The highest BCUT2D eigenvalue weighted by atomic mass is 16.5. The highest BCUT2D eigenvalue weighted by Crippen LogP contribution is 2.31. The minimum atomic E-state index is -0.425. The van der Waals surface area contributed by atoms with Crippen LogP contribution in [0.5, 0.6) is 5.75 Å². The summed E-state index contributed by atoms with van der Waals surface area (Å²) in [6.45, 7) is 4.73. The van der Waals surface area contributed by atoms with E-state index in [2.05, 4.69) is 47.6 Å². The first-order valence-electron chi connectivity index (χ1n) is 8.56. The van der Waals surface area contributed by atoms with Crippen molar-refractivity contribution in [2.45, 2.75) is 32.8 Å². The molecule has 0 fully saturated rings. The molecule has 2 heterocycles. The molecule has 5 nitrogen and oxygen atoms in total. The monoisotopic (exact) mass is 335 g/mol. The molecule has 1 amide bonds. The van der Waals surface area contributed by atoms with Gasteiger partial charge in [-0.2, -0.15) is 5.10 Å². The van der Waals surface area contributed by atoms with Gasteiger partial charge in [-0.3, -0.25) is 9.89 Å². The van der Waals surface area contributed by atoms with Crippen molar-refractivity contribution in [2.24, 2.45) is 0 Å². The lowest BCUT2D eigenvalue weighted by Crippen LogP contribution is -2.38. The SMILES string of the molecule is Cc1cc2c(cc1C)OC(C(=O)NCCc1ccc3cn[nH]c3c1)C2. The molecule has 4 rings (SSSR count). The molecule has 25 heavy (non-hydrogen) atoms. The number of hydrogen-bond donors (Lipinski definition) is 2. The van der Waals surface area contributed by atoms with E-state index in [-0.39, 0.29) is 5.91 Å². The Morgan fingerprint density at radius 2 is 2.12 bits per heavy atom. The fourth-order valence-electron chi connectivity index (χ4n) is 3.24. The first-order chi connectivity index (χ1) is 12.1. The maximum absolute atomic E-state index is 12.4. The van der Waals surface area contributed by atoms with E-state index in [1.165, 1.54) is 16.7 Å². The molecule has 0 radical (unpaired) electrons. The Morgan fingerprint density at radius 3 is 3.00 bits per heavy atom. The first kappa shape index (κ1) is 15.7. The van der Waals surface area contributed by atoms with Crippen molar-refractivity contribution in [1.29, 1.82) is 0 Å². The highest BCUT2D eigenvalue weighted by Gasteiger charge is 2.29. The number of aryl methyl sites for hydroxylation is 2. The molecule has 3 aromatic rings. The van der Waals surface area contributed by atoms with Gasteiger partial charge in [0.25, 0.3) is 5.91 Å². The third kappa shape index (κ3) is 3.09. The summed E-state index contributed by atoms with van der Waals surface area (Å²) in [7, 11) is 0. The molecule has 1 aliphatic rings. The van der Waals surface area contributed by atoms with Crippen LogP contribution in [0.2, 0.25) is 0 Å². The van der Waals surface area contributed by atoms with Gasteiger partial charge in [0, 0.05) is 18.4 Å². The molecular weight excluding hydrogens is 314 g/mol. The molecule has 1 aliphatic heterocycles. The van der Waals surface area contributed by atoms with Crippen LogP contribution < -0.4 is 10.1 Å². The molecule has 0 bridgehead atoms. The summed E-state index contributed by atoms with van der Waals surface area (Å²) in [6.07, 6.45) is 2.80. The smallest absolute Gasteiger partial charge is 0.261 e. The molecule has 2 aromatic carbocycles. The van der Waals surface area contributed by atoms with Crippen molar-refractivity contribution < 1.29 is 9.53 Å². The number of aromatic nitrogens is 2. The average molecular weight is 335 g/mol. The third-order valence-corrected chi connectivity index (χ3v) is 4.86. The Kier molecular flexibility index (Phi) is 3.92. The van der Waals surface area contributed by atoms with Crippen LogP contribution in [0.4, 0.5) is 0 Å². The van der Waals surface area contributed by atoms with Gasteiger partial charge in [0.2, 0.25) is 0 Å². The molecule has 1 atom stereocenters. The summed E-state index contributed by atoms with van der Waals surface area (Å²) in [4.78, 5) is 12.4. The Labute approximate surface area is 146 Å². The van der Waals surface area contributed by atoms with Gasteiger partial charge >= 0.3 is 0 Å². The fraction of sp³-hybridized carbons (Fsp3) is 0.300. The number of ether oxygens (including phenoxy) is 1. The minimum absolute atomic E-state index is 0.0471. The first-order valence-corrected chi connectivity index (χ1v) is 8.56. The average Bonchev–Trinajstić information content (AvgIpc) is 3.21. The van der Waals surface area contributed by atoms with Gasteiger partial charge in [0.05, 0.1) is 11.7 Å². The largest absolute Gasteiger partial charge is 0.480 e. The Bertz CT molecular complexity index is 914. The number of nitrogens with one attached hydrogen (secondary N) is 2. The van der Waals surface area contributed by atoms with Crippen molar-refractivity contribution in [2.75, 3.05) is 6.54 Å². The van der Waals surface area contributed by atoms with Gasteiger partial charge < -0.3 is 10.1 Å². The van der Waals surface area contributed by atoms with E-state index in [0.717, 1.165) is 28.6 Å². The highest BCUT2D eigenvalue weighted by molar-refractivity contribution is 5.82. The van der Waals surface area contributed by atoms with Crippen LogP contribution in [0.1, 0.15) is 22.3 Å². The lowest BCUT2D eigenvalue weighted by Gasteiger charge is -2.11. The zero-order valence-corrected chi connectivity index (χ0v) is 14.4. The molecule has 0 aliphatic carbocycles. The van der Waals surface area contributed by atoms with Gasteiger partial charge in [0.15, 0.2) is 6.10 Å². The standard InChI is InChI=1S/C20H21N3O2/c1-12-7-16-10-19(25-18(16)8-13(12)2)20(24)21-6-5-14-3-4-15-11-22-23-17(15)9-14/h3-4,7-9,11,19H,5-6,10H2,1-2H3,(H,21,24)(H,22,23). The number of H-pyrrole nitrogens is 1. The predicted molar refractivity (Wildman–Crippen MR) is 96.8 cm³/mol. The number of fused-ring (bicyclic) bond motifs is 2. The van der Waals surface area contributed by atoms with Crippen LogP contribution in [0.25, 0.3) is 10.9 Å². The summed E-state index contributed by atoms with van der Waals surface area (Å²) in [5, 5.41) is 11.1. The Balaban J connectivity index is 1.33. The van der Waals surface area contributed by atoms with Crippen LogP contribution in [0.3, 0.4) is 0 Å². The normalized spacial score (nSPS) is 15.8. The molecular formula is C20H21N3O2. The molecule has 2 N–H and O–H groups in total. The second-order valence-electron chi connectivity index (χ2n) is 6.69. The predicted octanol–water partition coefficient (Wildman–Crippen LogP) is 2.84. The Morgan fingerprint density at radius 1 is 1.28 bits per heavy atom. The number of benzene rings is 2. The lowest BCUT2D eigenvalue weighted by molar-refractivity contribution is -0.127. The van der Waals surface area contributed by atoms with Gasteiger partial charge in [0.1, 0.15) is 5.75 Å². The third-order valence-electron chi connectivity index (χ3n) is 4.86. The topological polar surface area (TPSA) is 67.0 Å². The second kappa shape index (κ2) is 6.24. The van der Waals surface area contributed by atoms with E-state index in [4.69, 9.17) is 4.74 Å². The van der Waals surface area contributed by atoms with Crippen LogP contribution in [0.15, 0.2) is 36.5 Å². The number of carbonyl (C=O) groups is 1. The number of amides is 1. The van der Waals surface area contributed by atoms with Crippen LogP contribution in [-0.2, 0) is 17.6 Å². The molecule has 128 valence electrons. The summed E-state index contributed by atoms with van der Waals surface area (Å²) in [5.74, 6) is 0.794. The van der Waals surface area contributed by atoms with Crippen molar-refractivity contribution in [1.82, 2.24) is 15.5 Å². The van der Waals surface area contributed by atoms with Gasteiger partial charge in [-0.15, -0.1) is 0 Å². The van der Waals surface area contributed by atoms with Crippen LogP contribution in [0, 0.1) is 13.8 Å². The van der Waals surface area contributed by atoms with E-state index in [1.54, 1.807) is 6.20 Å². The van der Waals surface area contributed by atoms with Gasteiger partial charge in [-0.25, -0.2) is 0 Å². The van der Waals surface area contributed by atoms with Gasteiger partial charge in [-0.05, 0) is 54.7 Å². The fourth-order valence-corrected chi connectivity index (χ4v) is 3.24. The molecule has 0 saturated heterocycles.